The summed E-state index contributed by atoms with van der Waals surface area (Å²) in [4.78, 5) is 14.0. The van der Waals surface area contributed by atoms with E-state index in [1.807, 2.05) is 36.4 Å². The van der Waals surface area contributed by atoms with Crippen molar-refractivity contribution >= 4 is 22.6 Å². The Balaban J connectivity index is 1.29. The van der Waals surface area contributed by atoms with Gasteiger partial charge < -0.3 is 9.26 Å². The third kappa shape index (κ3) is 3.96. The highest BCUT2D eigenvalue weighted by atomic mass is 35.5. The Labute approximate surface area is 183 Å². The average molecular weight is 439 g/mol. The first-order chi connectivity index (χ1) is 15.1. The molecule has 5 rings (SSSR count). The number of H-pyrrole nitrogens is 1. The lowest BCUT2D eigenvalue weighted by atomic mass is 10.0. The molecule has 1 saturated heterocycles. The molecule has 1 aliphatic rings. The van der Waals surface area contributed by atoms with E-state index in [9.17, 15) is 9.18 Å². The van der Waals surface area contributed by atoms with E-state index in [0.717, 1.165) is 36.5 Å². The van der Waals surface area contributed by atoms with Gasteiger partial charge in [0.1, 0.15) is 5.75 Å². The Morgan fingerprint density at radius 2 is 1.87 bits per heavy atom. The number of aromatic nitrogens is 1. The fourth-order valence-electron chi connectivity index (χ4n) is 4.15. The van der Waals surface area contributed by atoms with Gasteiger partial charge in [0.2, 0.25) is 11.4 Å². The van der Waals surface area contributed by atoms with Gasteiger partial charge in [-0.3, -0.25) is 9.69 Å². The minimum atomic E-state index is -0.706. The summed E-state index contributed by atoms with van der Waals surface area (Å²) in [5.74, 6) is -0.191. The van der Waals surface area contributed by atoms with Crippen molar-refractivity contribution in [2.24, 2.45) is 0 Å². The molecule has 158 valence electrons. The number of likely N-dealkylation sites (tertiary alicyclic amines) is 1. The summed E-state index contributed by atoms with van der Waals surface area (Å²) < 4.78 is 25.1. The predicted molar refractivity (Wildman–Crippen MR) is 117 cm³/mol. The molecule has 3 aromatic carbocycles. The third-order valence-electron chi connectivity index (χ3n) is 5.71. The normalized spacial score (nSPS) is 16.8. The Kier molecular flexibility index (Phi) is 5.26. The van der Waals surface area contributed by atoms with Crippen molar-refractivity contribution < 1.29 is 13.7 Å². The summed E-state index contributed by atoms with van der Waals surface area (Å²) in [5, 5.41) is 3.03. The second kappa shape index (κ2) is 8.21. The van der Waals surface area contributed by atoms with Gasteiger partial charge in [0.15, 0.2) is 5.75 Å². The molecule has 31 heavy (non-hydrogen) atoms. The molecule has 0 amide bonds. The number of halogens is 2. The third-order valence-corrected chi connectivity index (χ3v) is 5.96. The number of benzene rings is 3. The molecule has 0 radical (unpaired) electrons. The molecule has 1 aliphatic heterocycles. The zero-order chi connectivity index (χ0) is 21.4. The molecule has 7 heteroatoms. The monoisotopic (exact) mass is 438 g/mol. The maximum atomic E-state index is 14.6. The Morgan fingerprint density at radius 1 is 1.10 bits per heavy atom. The molecule has 4 aromatic rings. The van der Waals surface area contributed by atoms with Crippen LogP contribution < -0.4 is 10.3 Å². The van der Waals surface area contributed by atoms with Crippen molar-refractivity contribution in [1.82, 2.24) is 10.1 Å². The maximum Gasteiger partial charge on any atom is 0.287 e. The summed E-state index contributed by atoms with van der Waals surface area (Å²) in [6.07, 6.45) is 2.28. The highest BCUT2D eigenvalue weighted by Crippen LogP contribution is 2.34. The standard InChI is InChI=1S/C24H20ClFN2O3/c25-17-7-5-16(6-8-17)20-2-1-13-28(20)14-15-3-9-18(10-4-15)30-21-12-11-19-23(22(21)26)31-27-24(19)29/h3-12,20H,1-2,13-14H2,(H,27,29). The van der Waals surface area contributed by atoms with Gasteiger partial charge in [0, 0.05) is 17.6 Å². The van der Waals surface area contributed by atoms with E-state index in [-0.39, 0.29) is 16.7 Å². The molecule has 1 unspecified atom stereocenters. The molecular weight excluding hydrogens is 419 g/mol. The first kappa shape index (κ1) is 19.8. The van der Waals surface area contributed by atoms with Crippen molar-refractivity contribution in [2.75, 3.05) is 6.54 Å². The van der Waals surface area contributed by atoms with Crippen LogP contribution in [0.25, 0.3) is 11.0 Å². The van der Waals surface area contributed by atoms with E-state index in [0.29, 0.717) is 11.8 Å². The predicted octanol–water partition coefficient (Wildman–Crippen LogP) is 6.04. The molecule has 0 spiro atoms. The molecule has 1 fully saturated rings. The van der Waals surface area contributed by atoms with Crippen molar-refractivity contribution in [2.45, 2.75) is 25.4 Å². The molecule has 2 heterocycles. The zero-order valence-corrected chi connectivity index (χ0v) is 17.4. The lowest BCUT2D eigenvalue weighted by Crippen LogP contribution is -2.22. The second-order valence-corrected chi connectivity index (χ2v) is 8.15. The molecule has 0 bridgehead atoms. The Hall–Kier alpha value is -3.09. The fraction of sp³-hybridized carbons (Fsp3) is 0.208. The first-order valence-corrected chi connectivity index (χ1v) is 10.5. The number of ether oxygens (including phenoxy) is 1. The van der Waals surface area contributed by atoms with Gasteiger partial charge in [-0.2, -0.15) is 9.55 Å². The smallest absolute Gasteiger partial charge is 0.287 e. The van der Waals surface area contributed by atoms with Crippen molar-refractivity contribution in [3.8, 4) is 11.5 Å². The van der Waals surface area contributed by atoms with E-state index >= 15 is 0 Å². The number of rotatable bonds is 5. The quantitative estimate of drug-likeness (QED) is 0.412. The molecule has 0 aliphatic carbocycles. The summed E-state index contributed by atoms with van der Waals surface area (Å²) >= 11 is 6.03. The number of fused-ring (bicyclic) bond motifs is 1. The van der Waals surface area contributed by atoms with Crippen LogP contribution in [-0.4, -0.2) is 16.6 Å². The van der Waals surface area contributed by atoms with E-state index < -0.39 is 11.4 Å². The number of nitrogens with one attached hydrogen (secondary N) is 1. The van der Waals surface area contributed by atoms with Crippen LogP contribution >= 0.6 is 11.6 Å². The van der Waals surface area contributed by atoms with Crippen LogP contribution in [0.15, 0.2) is 70.0 Å². The summed E-state index contributed by atoms with van der Waals surface area (Å²) in [6, 6.07) is 19.0. The highest BCUT2D eigenvalue weighted by molar-refractivity contribution is 6.30. The largest absolute Gasteiger partial charge is 0.454 e. The Morgan fingerprint density at radius 3 is 2.65 bits per heavy atom. The van der Waals surface area contributed by atoms with Crippen LogP contribution in [-0.2, 0) is 6.54 Å². The van der Waals surface area contributed by atoms with Gasteiger partial charge in [-0.25, -0.2) is 0 Å². The summed E-state index contributed by atoms with van der Waals surface area (Å²) in [6.45, 7) is 1.86. The van der Waals surface area contributed by atoms with Crippen molar-refractivity contribution in [3.63, 3.8) is 0 Å². The van der Waals surface area contributed by atoms with Crippen LogP contribution in [0.1, 0.15) is 30.0 Å². The second-order valence-electron chi connectivity index (χ2n) is 7.71. The van der Waals surface area contributed by atoms with E-state index in [4.69, 9.17) is 20.9 Å². The van der Waals surface area contributed by atoms with Crippen molar-refractivity contribution in [1.29, 1.82) is 0 Å². The van der Waals surface area contributed by atoms with Crippen LogP contribution in [0, 0.1) is 5.82 Å². The molecule has 1 atom stereocenters. The summed E-state index contributed by atoms with van der Waals surface area (Å²) in [7, 11) is 0. The van der Waals surface area contributed by atoms with Gasteiger partial charge in [-0.05, 0) is 66.9 Å². The number of nitrogens with zero attached hydrogens (tertiary/aromatic N) is 1. The van der Waals surface area contributed by atoms with Gasteiger partial charge in [-0.1, -0.05) is 35.9 Å². The van der Waals surface area contributed by atoms with E-state index in [1.165, 1.54) is 17.7 Å². The fourth-order valence-corrected chi connectivity index (χ4v) is 4.28. The molecule has 5 nitrogen and oxygen atoms in total. The zero-order valence-electron chi connectivity index (χ0n) is 16.6. The van der Waals surface area contributed by atoms with Crippen LogP contribution in [0.5, 0.6) is 11.5 Å². The Bertz CT molecular complexity index is 1260. The van der Waals surface area contributed by atoms with Crippen LogP contribution in [0.2, 0.25) is 5.02 Å². The van der Waals surface area contributed by atoms with Gasteiger partial charge in [0.25, 0.3) is 5.56 Å². The van der Waals surface area contributed by atoms with Crippen LogP contribution in [0.3, 0.4) is 0 Å². The van der Waals surface area contributed by atoms with Gasteiger partial charge in [-0.15, -0.1) is 0 Å². The highest BCUT2D eigenvalue weighted by Gasteiger charge is 2.25. The lowest BCUT2D eigenvalue weighted by Gasteiger charge is -2.25. The molecule has 1 aromatic heterocycles. The topological polar surface area (TPSA) is 58.5 Å². The molecule has 1 N–H and O–H groups in total. The maximum absolute atomic E-state index is 14.6. The number of hydrogen-bond acceptors (Lipinski definition) is 4. The first-order valence-electron chi connectivity index (χ1n) is 10.1. The van der Waals surface area contributed by atoms with Gasteiger partial charge in [0.05, 0.1) is 5.39 Å². The van der Waals surface area contributed by atoms with Gasteiger partial charge >= 0.3 is 0 Å². The minimum Gasteiger partial charge on any atom is -0.454 e. The summed E-state index contributed by atoms with van der Waals surface area (Å²) in [5.41, 5.74) is 1.83. The molecular formula is C24H20ClFN2O3. The lowest BCUT2D eigenvalue weighted by molar-refractivity contribution is 0.248. The molecule has 0 saturated carbocycles. The minimum absolute atomic E-state index is 0.00495. The van der Waals surface area contributed by atoms with E-state index in [2.05, 4.69) is 22.2 Å². The van der Waals surface area contributed by atoms with E-state index in [1.54, 1.807) is 0 Å². The SMILES string of the molecule is O=c1[nH]oc2c(F)c(Oc3ccc(CN4CCCC4c4ccc(Cl)cc4)cc3)ccc12. The average Bonchev–Trinajstić information content (AvgIpc) is 3.39. The number of hydrogen-bond donors (Lipinski definition) is 1. The van der Waals surface area contributed by atoms with Crippen molar-refractivity contribution in [3.05, 3.63) is 93.0 Å². The number of aromatic amines is 1. The van der Waals surface area contributed by atoms with Crippen LogP contribution in [0.4, 0.5) is 4.39 Å².